The fourth-order valence-electron chi connectivity index (χ4n) is 0.791. The Morgan fingerprint density at radius 2 is 2.17 bits per heavy atom. The summed E-state index contributed by atoms with van der Waals surface area (Å²) in [7, 11) is 1.84. The lowest BCUT2D eigenvalue weighted by Gasteiger charge is -2.00. The molecule has 0 unspecified atom stereocenters. The summed E-state index contributed by atoms with van der Waals surface area (Å²) >= 11 is 0. The number of anilines is 1. The molecule has 2 nitrogen and oxygen atoms in total. The highest BCUT2D eigenvalue weighted by Gasteiger charge is 1.92. The van der Waals surface area contributed by atoms with Crippen LogP contribution in [0.25, 0.3) is 6.08 Å². The third-order valence-electron chi connectivity index (χ3n) is 1.30. The van der Waals surface area contributed by atoms with E-state index in [0.717, 1.165) is 11.4 Å². The fraction of sp³-hybridized carbons (Fsp3) is 0.300. The average Bonchev–Trinajstić information content (AvgIpc) is 2.20. The predicted molar refractivity (Wildman–Crippen MR) is 55.2 cm³/mol. The maximum Gasteiger partial charge on any atom is 0.132 e. The molecular formula is C10H16N2. The molecule has 1 rings (SSSR count). The van der Waals surface area contributed by atoms with Crippen LogP contribution in [0.1, 0.15) is 19.4 Å². The van der Waals surface area contributed by atoms with Crippen LogP contribution in [0.5, 0.6) is 0 Å². The van der Waals surface area contributed by atoms with Gasteiger partial charge in [-0.05, 0) is 12.1 Å². The van der Waals surface area contributed by atoms with E-state index < -0.39 is 0 Å². The molecule has 0 bridgehead atoms. The van der Waals surface area contributed by atoms with Crippen molar-refractivity contribution in [1.82, 2.24) is 4.98 Å². The van der Waals surface area contributed by atoms with Gasteiger partial charge in [-0.2, -0.15) is 0 Å². The molecule has 0 aliphatic rings. The molecule has 0 radical (unpaired) electrons. The van der Waals surface area contributed by atoms with Crippen LogP contribution < -0.4 is 5.32 Å². The highest BCUT2D eigenvalue weighted by molar-refractivity contribution is 5.60. The van der Waals surface area contributed by atoms with Crippen LogP contribution in [0.4, 0.5) is 5.82 Å². The van der Waals surface area contributed by atoms with Gasteiger partial charge in [0, 0.05) is 18.8 Å². The summed E-state index contributed by atoms with van der Waals surface area (Å²) in [6.07, 6.45) is 3.53. The third-order valence-corrected chi connectivity index (χ3v) is 1.30. The van der Waals surface area contributed by atoms with E-state index in [1.165, 1.54) is 0 Å². The summed E-state index contributed by atoms with van der Waals surface area (Å²) < 4.78 is 0. The number of nitrogens with zero attached hydrogens (tertiary/aromatic N) is 1. The molecule has 1 aromatic heterocycles. The summed E-state index contributed by atoms with van der Waals surface area (Å²) in [6.45, 7) is 7.66. The Hall–Kier alpha value is -1.31. The minimum absolute atomic E-state index is 0.873. The van der Waals surface area contributed by atoms with Crippen molar-refractivity contribution < 1.29 is 0 Å². The quantitative estimate of drug-likeness (QED) is 0.727. The molecule has 2 heteroatoms. The second-order valence-electron chi connectivity index (χ2n) is 1.90. The Labute approximate surface area is 74.3 Å². The molecular weight excluding hydrogens is 148 g/mol. The van der Waals surface area contributed by atoms with Gasteiger partial charge in [0.15, 0.2) is 0 Å². The molecule has 66 valence electrons. The summed E-state index contributed by atoms with van der Waals surface area (Å²) in [6, 6.07) is 3.85. The number of rotatable bonds is 2. The molecule has 12 heavy (non-hydrogen) atoms. The van der Waals surface area contributed by atoms with Crippen molar-refractivity contribution in [3.63, 3.8) is 0 Å². The molecule has 0 amide bonds. The topological polar surface area (TPSA) is 24.9 Å². The Morgan fingerprint density at radius 3 is 2.58 bits per heavy atom. The molecule has 0 aliphatic carbocycles. The van der Waals surface area contributed by atoms with Crippen LogP contribution in [0, 0.1) is 0 Å². The molecule has 0 fully saturated rings. The Balaban J connectivity index is 0.000000561. The second kappa shape index (κ2) is 6.40. The van der Waals surface area contributed by atoms with Crippen molar-refractivity contribution >= 4 is 11.9 Å². The SMILES string of the molecule is C=Cc1cccnc1NC.CC. The summed E-state index contributed by atoms with van der Waals surface area (Å²) in [5.41, 5.74) is 1.03. The van der Waals surface area contributed by atoms with Gasteiger partial charge in [0.25, 0.3) is 0 Å². The zero-order valence-electron chi connectivity index (χ0n) is 7.96. The van der Waals surface area contributed by atoms with E-state index in [9.17, 15) is 0 Å². The first-order valence-electron chi connectivity index (χ1n) is 4.13. The van der Waals surface area contributed by atoms with Crippen molar-refractivity contribution in [2.45, 2.75) is 13.8 Å². The third kappa shape index (κ3) is 2.74. The van der Waals surface area contributed by atoms with E-state index in [1.54, 1.807) is 12.3 Å². The second-order valence-corrected chi connectivity index (χ2v) is 1.90. The molecule has 1 N–H and O–H groups in total. The van der Waals surface area contributed by atoms with Gasteiger partial charge in [0.1, 0.15) is 5.82 Å². The van der Waals surface area contributed by atoms with Crippen LogP contribution in [0.3, 0.4) is 0 Å². The van der Waals surface area contributed by atoms with Crippen LogP contribution in [0.15, 0.2) is 24.9 Å². The van der Waals surface area contributed by atoms with Gasteiger partial charge in [-0.1, -0.05) is 26.5 Å². The van der Waals surface area contributed by atoms with Crippen molar-refractivity contribution in [3.8, 4) is 0 Å². The zero-order chi connectivity index (χ0) is 9.40. The summed E-state index contributed by atoms with van der Waals surface area (Å²) in [4.78, 5) is 4.09. The molecule has 0 aromatic carbocycles. The molecule has 0 spiro atoms. The van der Waals surface area contributed by atoms with Gasteiger partial charge < -0.3 is 5.32 Å². The lowest BCUT2D eigenvalue weighted by molar-refractivity contribution is 1.28. The van der Waals surface area contributed by atoms with E-state index in [4.69, 9.17) is 0 Å². The average molecular weight is 164 g/mol. The fourth-order valence-corrected chi connectivity index (χ4v) is 0.791. The molecule has 0 aliphatic heterocycles. The van der Waals surface area contributed by atoms with Gasteiger partial charge >= 0.3 is 0 Å². The van der Waals surface area contributed by atoms with E-state index in [1.807, 2.05) is 33.0 Å². The smallest absolute Gasteiger partial charge is 0.132 e. The number of nitrogens with one attached hydrogen (secondary N) is 1. The predicted octanol–water partition coefficient (Wildman–Crippen LogP) is 2.79. The van der Waals surface area contributed by atoms with Crippen LogP contribution in [-0.4, -0.2) is 12.0 Å². The Bertz CT molecular complexity index is 231. The number of hydrogen-bond donors (Lipinski definition) is 1. The highest BCUT2D eigenvalue weighted by Crippen LogP contribution is 2.10. The van der Waals surface area contributed by atoms with Crippen LogP contribution >= 0.6 is 0 Å². The van der Waals surface area contributed by atoms with E-state index in [2.05, 4.69) is 16.9 Å². The van der Waals surface area contributed by atoms with Crippen LogP contribution in [0.2, 0.25) is 0 Å². The number of aromatic nitrogens is 1. The lowest BCUT2D eigenvalue weighted by Crippen LogP contribution is -1.93. The number of hydrogen-bond acceptors (Lipinski definition) is 2. The normalized spacial score (nSPS) is 7.92. The monoisotopic (exact) mass is 164 g/mol. The molecule has 0 atom stereocenters. The van der Waals surface area contributed by atoms with Gasteiger partial charge in [-0.3, -0.25) is 0 Å². The van der Waals surface area contributed by atoms with Gasteiger partial charge in [0.2, 0.25) is 0 Å². The van der Waals surface area contributed by atoms with E-state index >= 15 is 0 Å². The van der Waals surface area contributed by atoms with Gasteiger partial charge in [-0.25, -0.2) is 4.98 Å². The van der Waals surface area contributed by atoms with Crippen LogP contribution in [-0.2, 0) is 0 Å². The minimum Gasteiger partial charge on any atom is -0.373 e. The van der Waals surface area contributed by atoms with Gasteiger partial charge in [0.05, 0.1) is 0 Å². The standard InChI is InChI=1S/C8H10N2.C2H6/c1-3-7-5-4-6-10-8(7)9-2;1-2/h3-6H,1H2,2H3,(H,9,10);1-2H3. The van der Waals surface area contributed by atoms with Crippen molar-refractivity contribution in [2.24, 2.45) is 0 Å². The Kier molecular flexibility index (Phi) is 5.70. The minimum atomic E-state index is 0.873. The first-order valence-corrected chi connectivity index (χ1v) is 4.13. The molecule has 0 saturated carbocycles. The molecule has 1 aromatic rings. The highest BCUT2D eigenvalue weighted by atomic mass is 14.9. The zero-order valence-corrected chi connectivity index (χ0v) is 7.96. The maximum absolute atomic E-state index is 4.09. The van der Waals surface area contributed by atoms with E-state index in [-0.39, 0.29) is 0 Å². The van der Waals surface area contributed by atoms with Crippen molar-refractivity contribution in [2.75, 3.05) is 12.4 Å². The maximum atomic E-state index is 4.09. The summed E-state index contributed by atoms with van der Waals surface area (Å²) in [5, 5.41) is 2.96. The largest absolute Gasteiger partial charge is 0.373 e. The lowest BCUT2D eigenvalue weighted by atomic mass is 10.2. The Morgan fingerprint density at radius 1 is 1.50 bits per heavy atom. The molecule has 1 heterocycles. The number of pyridine rings is 1. The van der Waals surface area contributed by atoms with Crippen molar-refractivity contribution in [3.05, 3.63) is 30.5 Å². The van der Waals surface area contributed by atoms with Crippen molar-refractivity contribution in [1.29, 1.82) is 0 Å². The van der Waals surface area contributed by atoms with Gasteiger partial charge in [-0.15, -0.1) is 0 Å². The molecule has 0 saturated heterocycles. The summed E-state index contributed by atoms with van der Waals surface area (Å²) in [5.74, 6) is 0.873. The first kappa shape index (κ1) is 10.7. The first-order chi connectivity index (χ1) is 5.88. The van der Waals surface area contributed by atoms with E-state index in [0.29, 0.717) is 0 Å².